The molecule has 138 valence electrons. The molecular formula is C23H41N. The topological polar surface area (TPSA) is 3.24 Å². The third-order valence-electron chi connectivity index (χ3n) is 6.36. The fraction of sp³-hybridized carbons (Fsp3) is 0.826. The summed E-state index contributed by atoms with van der Waals surface area (Å²) in [6, 6.07) is 0.791. The minimum atomic E-state index is 0.791. The summed E-state index contributed by atoms with van der Waals surface area (Å²) in [5.41, 5.74) is 3.50. The molecular weight excluding hydrogens is 290 g/mol. The van der Waals surface area contributed by atoms with Gasteiger partial charge in [-0.3, -0.25) is 0 Å². The van der Waals surface area contributed by atoms with E-state index >= 15 is 0 Å². The van der Waals surface area contributed by atoms with Crippen molar-refractivity contribution >= 4 is 0 Å². The highest BCUT2D eigenvalue weighted by molar-refractivity contribution is 5.23. The largest absolute Gasteiger partial charge is 0.303 e. The zero-order valence-electron chi connectivity index (χ0n) is 16.8. The smallest absolute Gasteiger partial charge is 0.0129 e. The monoisotopic (exact) mass is 331 g/mol. The molecule has 0 heterocycles. The van der Waals surface area contributed by atoms with Crippen LogP contribution in [0.25, 0.3) is 0 Å². The van der Waals surface area contributed by atoms with Gasteiger partial charge in [-0.1, -0.05) is 56.9 Å². The fourth-order valence-corrected chi connectivity index (χ4v) is 4.91. The number of hydrogen-bond donors (Lipinski definition) is 0. The minimum absolute atomic E-state index is 0.791. The number of allylic oxidation sites excluding steroid dienone is 3. The number of fused-ring (bicyclic) bond motifs is 1. The molecule has 0 aromatic rings. The third-order valence-corrected chi connectivity index (χ3v) is 6.36. The molecule has 3 rings (SSSR count). The minimum Gasteiger partial charge on any atom is -0.303 e. The van der Waals surface area contributed by atoms with Gasteiger partial charge in [-0.15, -0.1) is 0 Å². The maximum atomic E-state index is 2.55. The van der Waals surface area contributed by atoms with Crippen molar-refractivity contribution in [1.29, 1.82) is 0 Å². The molecule has 1 heteroatoms. The van der Waals surface area contributed by atoms with Crippen molar-refractivity contribution in [2.24, 2.45) is 11.8 Å². The highest BCUT2D eigenvalue weighted by Crippen LogP contribution is 2.45. The molecule has 0 N–H and O–H groups in total. The van der Waals surface area contributed by atoms with Crippen LogP contribution in [0.3, 0.4) is 0 Å². The van der Waals surface area contributed by atoms with E-state index < -0.39 is 0 Å². The van der Waals surface area contributed by atoms with Crippen LogP contribution < -0.4 is 0 Å². The molecule has 3 aliphatic carbocycles. The van der Waals surface area contributed by atoms with E-state index in [2.05, 4.69) is 44.9 Å². The lowest BCUT2D eigenvalue weighted by molar-refractivity contribution is 0.222. The highest BCUT2D eigenvalue weighted by Gasteiger charge is 2.32. The summed E-state index contributed by atoms with van der Waals surface area (Å²) >= 11 is 0. The van der Waals surface area contributed by atoms with E-state index in [0.717, 1.165) is 17.9 Å². The molecule has 0 bridgehead atoms. The Labute approximate surface area is 151 Å². The number of hydrogen-bond acceptors (Lipinski definition) is 1. The van der Waals surface area contributed by atoms with Crippen LogP contribution in [0.5, 0.6) is 0 Å². The second kappa shape index (κ2) is 10.4. The lowest BCUT2D eigenvalue weighted by atomic mass is 9.77. The van der Waals surface area contributed by atoms with Crippen molar-refractivity contribution in [3.63, 3.8) is 0 Å². The van der Waals surface area contributed by atoms with Crippen LogP contribution in [0.2, 0.25) is 0 Å². The van der Waals surface area contributed by atoms with Crippen LogP contribution in [-0.2, 0) is 0 Å². The quantitative estimate of drug-likeness (QED) is 0.553. The van der Waals surface area contributed by atoms with Gasteiger partial charge in [0, 0.05) is 6.04 Å². The average molecular weight is 332 g/mol. The van der Waals surface area contributed by atoms with Crippen molar-refractivity contribution in [3.8, 4) is 0 Å². The van der Waals surface area contributed by atoms with Crippen molar-refractivity contribution in [1.82, 2.24) is 4.90 Å². The van der Waals surface area contributed by atoms with E-state index in [-0.39, 0.29) is 0 Å². The molecule has 0 aliphatic heterocycles. The molecule has 3 atom stereocenters. The Morgan fingerprint density at radius 1 is 0.917 bits per heavy atom. The van der Waals surface area contributed by atoms with Gasteiger partial charge >= 0.3 is 0 Å². The first-order valence-corrected chi connectivity index (χ1v) is 10.8. The molecule has 0 radical (unpaired) electrons. The number of rotatable bonds is 3. The first-order valence-electron chi connectivity index (χ1n) is 10.8. The highest BCUT2D eigenvalue weighted by atomic mass is 15.1. The Kier molecular flexibility index (Phi) is 8.59. The first kappa shape index (κ1) is 19.8. The molecule has 0 amide bonds. The Balaban J connectivity index is 0.000000647. The second-order valence-electron chi connectivity index (χ2n) is 8.29. The summed E-state index contributed by atoms with van der Waals surface area (Å²) in [7, 11) is 2.29. The average Bonchev–Trinajstić information content (AvgIpc) is 3.09. The van der Waals surface area contributed by atoms with Crippen LogP contribution >= 0.6 is 0 Å². The maximum Gasteiger partial charge on any atom is 0.0129 e. The van der Waals surface area contributed by atoms with E-state index in [9.17, 15) is 0 Å². The van der Waals surface area contributed by atoms with Gasteiger partial charge in [0.1, 0.15) is 0 Å². The van der Waals surface area contributed by atoms with Crippen LogP contribution in [-0.4, -0.2) is 24.5 Å². The van der Waals surface area contributed by atoms with Gasteiger partial charge in [0.2, 0.25) is 0 Å². The molecule has 24 heavy (non-hydrogen) atoms. The zero-order chi connectivity index (χ0) is 17.4. The van der Waals surface area contributed by atoms with Crippen molar-refractivity contribution in [2.75, 3.05) is 13.6 Å². The van der Waals surface area contributed by atoms with Gasteiger partial charge in [-0.25, -0.2) is 0 Å². The van der Waals surface area contributed by atoms with Gasteiger partial charge < -0.3 is 4.90 Å². The standard InChI is InChI=1S/C20H33N.C3H8/c1-3-21(2)19-11-4-7-16(15-19)13-14-18-9-5-8-17-10-6-12-20(17)18;1-3-2/h13-14,17,19-20H,3-12,15H2,1-2H3;3H2,1-2H3/b16-13-,18-14+;. The Morgan fingerprint density at radius 2 is 1.62 bits per heavy atom. The SMILES string of the molecule is CCC.CCN(C)C1CCC/C(=C/C=C2\CCCC3CCCC23)C1. The van der Waals surface area contributed by atoms with E-state index in [1.165, 1.54) is 77.2 Å². The van der Waals surface area contributed by atoms with Gasteiger partial charge in [0.25, 0.3) is 0 Å². The molecule has 0 aromatic heterocycles. The summed E-state index contributed by atoms with van der Waals surface area (Å²) in [5.74, 6) is 1.99. The van der Waals surface area contributed by atoms with E-state index in [4.69, 9.17) is 0 Å². The zero-order valence-corrected chi connectivity index (χ0v) is 16.8. The first-order chi connectivity index (χ1) is 11.7. The number of nitrogens with zero attached hydrogens (tertiary/aromatic N) is 1. The molecule has 0 spiro atoms. The van der Waals surface area contributed by atoms with Crippen LogP contribution in [0.4, 0.5) is 0 Å². The van der Waals surface area contributed by atoms with Gasteiger partial charge in [-0.2, -0.15) is 0 Å². The summed E-state index contributed by atoms with van der Waals surface area (Å²) in [5, 5.41) is 0. The lowest BCUT2D eigenvalue weighted by Gasteiger charge is -2.32. The van der Waals surface area contributed by atoms with Gasteiger partial charge in [-0.05, 0) is 83.2 Å². The van der Waals surface area contributed by atoms with E-state index in [1.54, 1.807) is 11.1 Å². The summed E-state index contributed by atoms with van der Waals surface area (Å²) < 4.78 is 0. The predicted molar refractivity (Wildman–Crippen MR) is 107 cm³/mol. The Morgan fingerprint density at radius 3 is 2.38 bits per heavy atom. The summed E-state index contributed by atoms with van der Waals surface area (Å²) in [4.78, 5) is 2.54. The Hall–Kier alpha value is -0.560. The van der Waals surface area contributed by atoms with E-state index in [1.807, 2.05) is 0 Å². The van der Waals surface area contributed by atoms with Crippen LogP contribution in [0.15, 0.2) is 23.3 Å². The van der Waals surface area contributed by atoms with Crippen LogP contribution in [0, 0.1) is 11.8 Å². The maximum absolute atomic E-state index is 2.55. The van der Waals surface area contributed by atoms with E-state index in [0.29, 0.717) is 0 Å². The Bertz CT molecular complexity index is 420. The fourth-order valence-electron chi connectivity index (χ4n) is 4.91. The van der Waals surface area contributed by atoms with Gasteiger partial charge in [0.05, 0.1) is 0 Å². The van der Waals surface area contributed by atoms with Crippen molar-refractivity contribution in [3.05, 3.63) is 23.3 Å². The molecule has 3 saturated carbocycles. The third kappa shape index (κ3) is 5.48. The molecule has 0 saturated heterocycles. The van der Waals surface area contributed by atoms with Crippen LogP contribution in [0.1, 0.15) is 91.4 Å². The summed E-state index contributed by atoms with van der Waals surface area (Å²) in [6.07, 6.45) is 20.5. The molecule has 3 fully saturated rings. The van der Waals surface area contributed by atoms with Crippen molar-refractivity contribution < 1.29 is 0 Å². The normalized spacial score (nSPS) is 33.5. The molecule has 3 aliphatic rings. The predicted octanol–water partition coefficient (Wildman–Crippen LogP) is 6.75. The van der Waals surface area contributed by atoms with Gasteiger partial charge in [0.15, 0.2) is 0 Å². The lowest BCUT2D eigenvalue weighted by Crippen LogP contribution is -2.33. The molecule has 3 unspecified atom stereocenters. The molecule has 0 aromatic carbocycles. The molecule has 1 nitrogen and oxygen atoms in total. The second-order valence-corrected chi connectivity index (χ2v) is 8.29. The van der Waals surface area contributed by atoms with Crippen molar-refractivity contribution in [2.45, 2.75) is 97.4 Å². The summed E-state index contributed by atoms with van der Waals surface area (Å²) in [6.45, 7) is 7.71.